The maximum atomic E-state index is 13.5. The summed E-state index contributed by atoms with van der Waals surface area (Å²) >= 11 is 7.79. The number of nitrogens with zero attached hydrogens (tertiary/aromatic N) is 2. The zero-order valence-electron chi connectivity index (χ0n) is 17.1. The van der Waals surface area contributed by atoms with E-state index in [2.05, 4.69) is 15.2 Å². The first-order valence-corrected chi connectivity index (χ1v) is 11.4. The molecule has 162 valence electrons. The molecule has 31 heavy (non-hydrogen) atoms. The molecule has 0 bridgehead atoms. The van der Waals surface area contributed by atoms with Crippen molar-refractivity contribution in [1.82, 2.24) is 15.2 Å². The largest absolute Gasteiger partial charge is 0.379 e. The lowest BCUT2D eigenvalue weighted by atomic mass is 9.98. The van der Waals surface area contributed by atoms with Crippen molar-refractivity contribution in [2.45, 2.75) is 13.0 Å². The maximum absolute atomic E-state index is 13.5. The highest BCUT2D eigenvalue weighted by atomic mass is 35.5. The van der Waals surface area contributed by atoms with Crippen molar-refractivity contribution in [2.75, 3.05) is 32.8 Å². The predicted molar refractivity (Wildman–Crippen MR) is 122 cm³/mol. The number of halogens is 2. The highest BCUT2D eigenvalue weighted by Crippen LogP contribution is 2.34. The minimum Gasteiger partial charge on any atom is -0.379 e. The monoisotopic (exact) mass is 459 g/mol. The quantitative estimate of drug-likeness (QED) is 0.579. The number of rotatable bonds is 6. The summed E-state index contributed by atoms with van der Waals surface area (Å²) in [6, 6.07) is 9.85. The third-order valence-corrected chi connectivity index (χ3v) is 6.30. The van der Waals surface area contributed by atoms with E-state index in [0.29, 0.717) is 16.1 Å². The molecule has 0 aliphatic carbocycles. The van der Waals surface area contributed by atoms with Gasteiger partial charge in [0.05, 0.1) is 28.6 Å². The smallest absolute Gasteiger partial charge is 0.251 e. The topological polar surface area (TPSA) is 54.5 Å². The molecule has 1 amide bonds. The van der Waals surface area contributed by atoms with Crippen LogP contribution in [0.25, 0.3) is 21.6 Å². The van der Waals surface area contributed by atoms with Crippen molar-refractivity contribution in [3.63, 3.8) is 0 Å². The second-order valence-corrected chi connectivity index (χ2v) is 8.87. The van der Waals surface area contributed by atoms with Crippen LogP contribution in [0.4, 0.5) is 4.39 Å². The van der Waals surface area contributed by atoms with E-state index in [-0.39, 0.29) is 11.9 Å². The molecular weight excluding hydrogens is 437 g/mol. The minimum atomic E-state index is -0.401. The highest BCUT2D eigenvalue weighted by Gasteiger charge is 2.18. The molecule has 3 aromatic rings. The van der Waals surface area contributed by atoms with Crippen molar-refractivity contribution >= 4 is 28.8 Å². The number of ether oxygens (including phenoxy) is 1. The van der Waals surface area contributed by atoms with E-state index in [1.165, 1.54) is 23.5 Å². The fraction of sp³-hybridized carbons (Fsp3) is 0.304. The zero-order chi connectivity index (χ0) is 21.8. The molecule has 4 rings (SSSR count). The van der Waals surface area contributed by atoms with Crippen LogP contribution in [0.5, 0.6) is 0 Å². The van der Waals surface area contributed by atoms with Crippen molar-refractivity contribution in [3.8, 4) is 21.6 Å². The van der Waals surface area contributed by atoms with Gasteiger partial charge in [-0.2, -0.15) is 0 Å². The Morgan fingerprint density at radius 3 is 2.74 bits per heavy atom. The average Bonchev–Trinajstić information content (AvgIpc) is 3.29. The summed E-state index contributed by atoms with van der Waals surface area (Å²) in [5.41, 5.74) is 4.56. The summed E-state index contributed by atoms with van der Waals surface area (Å²) in [7, 11) is 0. The second kappa shape index (κ2) is 9.87. The molecular formula is C23H23ClFN3O2S. The molecule has 2 aromatic carbocycles. The van der Waals surface area contributed by atoms with Gasteiger partial charge < -0.3 is 10.1 Å². The molecule has 0 spiro atoms. The van der Waals surface area contributed by atoms with Crippen molar-refractivity contribution in [3.05, 3.63) is 64.5 Å². The third-order valence-electron chi connectivity index (χ3n) is 5.17. The Hall–Kier alpha value is -2.32. The van der Waals surface area contributed by atoms with Crippen LogP contribution in [0.2, 0.25) is 5.02 Å². The molecule has 0 saturated carbocycles. The number of morpholine rings is 1. The molecule has 1 fully saturated rings. The number of aromatic nitrogens is 1. The number of carbonyl (C=O) groups excluding carboxylic acids is 1. The zero-order valence-corrected chi connectivity index (χ0v) is 18.7. The van der Waals surface area contributed by atoms with E-state index in [1.807, 2.05) is 19.1 Å². The average molecular weight is 460 g/mol. The first-order chi connectivity index (χ1) is 15.0. The Balaban J connectivity index is 1.61. The molecule has 1 atom stereocenters. The van der Waals surface area contributed by atoms with Gasteiger partial charge in [0.15, 0.2) is 0 Å². The summed E-state index contributed by atoms with van der Waals surface area (Å²) < 4.78 is 18.9. The van der Waals surface area contributed by atoms with Crippen LogP contribution < -0.4 is 5.32 Å². The summed E-state index contributed by atoms with van der Waals surface area (Å²) in [4.78, 5) is 20.5. The van der Waals surface area contributed by atoms with Crippen LogP contribution in [0.3, 0.4) is 0 Å². The Morgan fingerprint density at radius 1 is 1.26 bits per heavy atom. The fourth-order valence-electron chi connectivity index (χ4n) is 3.66. The Labute approximate surface area is 189 Å². The molecule has 1 N–H and O–H groups in total. The van der Waals surface area contributed by atoms with Gasteiger partial charge in [-0.15, -0.1) is 11.3 Å². The van der Waals surface area contributed by atoms with Crippen molar-refractivity contribution in [2.24, 2.45) is 0 Å². The number of amides is 1. The van der Waals surface area contributed by atoms with Crippen LogP contribution in [-0.4, -0.2) is 54.7 Å². The summed E-state index contributed by atoms with van der Waals surface area (Å²) in [6.45, 7) is 5.94. The van der Waals surface area contributed by atoms with E-state index < -0.39 is 5.82 Å². The Morgan fingerprint density at radius 2 is 2.03 bits per heavy atom. The first kappa shape index (κ1) is 21.9. The fourth-order valence-corrected chi connectivity index (χ4v) is 4.55. The molecule has 0 unspecified atom stereocenters. The maximum Gasteiger partial charge on any atom is 0.251 e. The van der Waals surface area contributed by atoms with Crippen molar-refractivity contribution < 1.29 is 13.9 Å². The molecule has 1 aliphatic rings. The van der Waals surface area contributed by atoms with E-state index in [1.54, 1.807) is 23.8 Å². The molecule has 0 radical (unpaired) electrons. The van der Waals surface area contributed by atoms with Crippen LogP contribution in [0.15, 0.2) is 48.1 Å². The summed E-state index contributed by atoms with van der Waals surface area (Å²) in [5, 5.41) is 3.39. The molecule has 1 saturated heterocycles. The van der Waals surface area contributed by atoms with Gasteiger partial charge in [-0.3, -0.25) is 14.7 Å². The van der Waals surface area contributed by atoms with Gasteiger partial charge in [-0.25, -0.2) is 4.39 Å². The molecule has 8 heteroatoms. The Kier molecular flexibility index (Phi) is 6.97. The first-order valence-electron chi connectivity index (χ1n) is 10.1. The SMILES string of the molecule is C[C@H](CN1CCOCC1)NC(=O)c1cc(-c2cncs2)cc(-c2ccc(F)cc2Cl)c1. The van der Waals surface area contributed by atoms with Gasteiger partial charge >= 0.3 is 0 Å². The van der Waals surface area contributed by atoms with Crippen LogP contribution >= 0.6 is 22.9 Å². The van der Waals surface area contributed by atoms with Gasteiger partial charge in [-0.05, 0) is 54.4 Å². The van der Waals surface area contributed by atoms with Gasteiger partial charge in [-0.1, -0.05) is 11.6 Å². The number of thiazole rings is 1. The van der Waals surface area contributed by atoms with Gasteiger partial charge in [0.2, 0.25) is 0 Å². The molecule has 2 heterocycles. The van der Waals surface area contributed by atoms with Crippen molar-refractivity contribution in [1.29, 1.82) is 0 Å². The number of benzene rings is 2. The lowest BCUT2D eigenvalue weighted by Crippen LogP contribution is -2.46. The summed E-state index contributed by atoms with van der Waals surface area (Å²) in [5.74, 6) is -0.561. The number of hydrogen-bond donors (Lipinski definition) is 1. The van der Waals surface area contributed by atoms with E-state index in [9.17, 15) is 9.18 Å². The third kappa shape index (κ3) is 5.49. The molecule has 1 aromatic heterocycles. The highest BCUT2D eigenvalue weighted by molar-refractivity contribution is 7.13. The Bertz CT molecular complexity index is 1050. The van der Waals surface area contributed by atoms with Gasteiger partial charge in [0, 0.05) is 43.0 Å². The summed E-state index contributed by atoms with van der Waals surface area (Å²) in [6.07, 6.45) is 1.76. The van der Waals surface area contributed by atoms with Gasteiger partial charge in [0.25, 0.3) is 5.91 Å². The lowest BCUT2D eigenvalue weighted by Gasteiger charge is -2.29. The van der Waals surface area contributed by atoms with Crippen LogP contribution in [0, 0.1) is 5.82 Å². The number of nitrogens with one attached hydrogen (secondary N) is 1. The normalized spacial score (nSPS) is 15.6. The number of hydrogen-bond acceptors (Lipinski definition) is 5. The van der Waals surface area contributed by atoms with E-state index in [4.69, 9.17) is 16.3 Å². The molecule has 1 aliphatic heterocycles. The minimum absolute atomic E-state index is 0.0180. The lowest BCUT2D eigenvalue weighted by molar-refractivity contribution is 0.0342. The number of carbonyl (C=O) groups is 1. The van der Waals surface area contributed by atoms with E-state index in [0.717, 1.165) is 48.9 Å². The molecule has 5 nitrogen and oxygen atoms in total. The van der Waals surface area contributed by atoms with Crippen LogP contribution in [-0.2, 0) is 4.74 Å². The van der Waals surface area contributed by atoms with E-state index >= 15 is 0 Å². The van der Waals surface area contributed by atoms with Gasteiger partial charge in [0.1, 0.15) is 5.82 Å². The van der Waals surface area contributed by atoms with Crippen LogP contribution in [0.1, 0.15) is 17.3 Å². The predicted octanol–water partition coefficient (Wildman–Crippen LogP) is 4.72. The standard InChI is InChI=1S/C23H23ClFN3O2S/c1-15(13-28-4-6-30-7-5-28)27-23(29)18-9-16(20-3-2-19(25)11-21(20)24)8-17(10-18)22-12-26-14-31-22/h2-3,8-12,14-15H,4-7,13H2,1H3,(H,27,29)/t15-/m1/s1. The second-order valence-electron chi connectivity index (χ2n) is 7.58.